The van der Waals surface area contributed by atoms with Gasteiger partial charge in [-0.2, -0.15) is 5.10 Å². The summed E-state index contributed by atoms with van der Waals surface area (Å²) in [6.07, 6.45) is 2.48. The lowest BCUT2D eigenvalue weighted by Gasteiger charge is -2.08. The molecular formula is C14H18N4O2. The first-order valence-electron chi connectivity index (χ1n) is 6.37. The number of nitrogens with zero attached hydrogens (tertiary/aromatic N) is 2. The molecule has 0 bridgehead atoms. The summed E-state index contributed by atoms with van der Waals surface area (Å²) in [5.74, 6) is 0.477. The van der Waals surface area contributed by atoms with E-state index in [2.05, 4.69) is 10.4 Å². The summed E-state index contributed by atoms with van der Waals surface area (Å²) >= 11 is 0. The first-order valence-corrected chi connectivity index (χ1v) is 6.37. The Hall–Kier alpha value is -2.50. The molecule has 0 aliphatic carbocycles. The summed E-state index contributed by atoms with van der Waals surface area (Å²) in [4.78, 5) is 11.6. The molecule has 0 radical (unpaired) electrons. The van der Waals surface area contributed by atoms with E-state index in [1.807, 2.05) is 13.1 Å². The Morgan fingerprint density at radius 3 is 2.75 bits per heavy atom. The maximum atomic E-state index is 11.6. The third-order valence-corrected chi connectivity index (χ3v) is 2.88. The zero-order chi connectivity index (χ0) is 14.4. The van der Waals surface area contributed by atoms with Gasteiger partial charge >= 0.3 is 0 Å². The van der Waals surface area contributed by atoms with Crippen molar-refractivity contribution < 1.29 is 9.53 Å². The molecule has 0 aliphatic heterocycles. The first-order chi connectivity index (χ1) is 9.65. The van der Waals surface area contributed by atoms with E-state index in [0.717, 1.165) is 12.1 Å². The molecule has 20 heavy (non-hydrogen) atoms. The maximum Gasteiger partial charge on any atom is 0.257 e. The monoisotopic (exact) mass is 274 g/mol. The average Bonchev–Trinajstić information content (AvgIpc) is 2.84. The summed E-state index contributed by atoms with van der Waals surface area (Å²) < 4.78 is 7.14. The molecule has 0 saturated carbocycles. The second-order valence-corrected chi connectivity index (χ2v) is 4.40. The summed E-state index contributed by atoms with van der Waals surface area (Å²) in [6.45, 7) is 0.554. The van der Waals surface area contributed by atoms with E-state index in [9.17, 15) is 4.79 Å². The van der Waals surface area contributed by atoms with Crippen LogP contribution < -0.4 is 15.8 Å². The van der Waals surface area contributed by atoms with Gasteiger partial charge in [-0.05, 0) is 30.3 Å². The van der Waals surface area contributed by atoms with Crippen LogP contribution in [0.25, 0.3) is 0 Å². The quantitative estimate of drug-likeness (QED) is 0.761. The van der Waals surface area contributed by atoms with Crippen LogP contribution in [0.3, 0.4) is 0 Å². The molecule has 106 valence electrons. The topological polar surface area (TPSA) is 82.2 Å². The molecule has 0 saturated heterocycles. The van der Waals surface area contributed by atoms with E-state index in [-0.39, 0.29) is 12.5 Å². The number of hydrogen-bond acceptors (Lipinski definition) is 4. The highest BCUT2D eigenvalue weighted by molar-refractivity contribution is 5.77. The van der Waals surface area contributed by atoms with Crippen molar-refractivity contribution in [2.45, 2.75) is 6.42 Å². The number of nitrogen functional groups attached to an aromatic ring is 1. The number of anilines is 1. The Labute approximate surface area is 117 Å². The Balaban J connectivity index is 1.68. The molecule has 0 atom stereocenters. The lowest BCUT2D eigenvalue weighted by atomic mass is 10.3. The zero-order valence-corrected chi connectivity index (χ0v) is 11.4. The van der Waals surface area contributed by atoms with E-state index < -0.39 is 0 Å². The van der Waals surface area contributed by atoms with Crippen LogP contribution in [0.5, 0.6) is 5.75 Å². The summed E-state index contributed by atoms with van der Waals surface area (Å²) in [5.41, 5.74) is 7.30. The van der Waals surface area contributed by atoms with Crippen LogP contribution in [0.1, 0.15) is 5.69 Å². The second-order valence-electron chi connectivity index (χ2n) is 4.40. The Morgan fingerprint density at radius 2 is 2.10 bits per heavy atom. The summed E-state index contributed by atoms with van der Waals surface area (Å²) in [7, 11) is 1.88. The number of aryl methyl sites for hydroxylation is 1. The molecule has 1 aromatic heterocycles. The molecule has 6 nitrogen and oxygen atoms in total. The van der Waals surface area contributed by atoms with E-state index in [0.29, 0.717) is 18.0 Å². The minimum Gasteiger partial charge on any atom is -0.484 e. The fourth-order valence-electron chi connectivity index (χ4n) is 1.74. The van der Waals surface area contributed by atoms with Crippen molar-refractivity contribution in [1.29, 1.82) is 0 Å². The van der Waals surface area contributed by atoms with Gasteiger partial charge in [-0.1, -0.05) is 0 Å². The fourth-order valence-corrected chi connectivity index (χ4v) is 1.74. The van der Waals surface area contributed by atoms with E-state index in [1.54, 1.807) is 35.1 Å². The molecule has 1 heterocycles. The van der Waals surface area contributed by atoms with Crippen molar-refractivity contribution in [3.63, 3.8) is 0 Å². The maximum absolute atomic E-state index is 11.6. The molecule has 1 amide bonds. The molecule has 2 rings (SSSR count). The number of aromatic nitrogens is 2. The number of ether oxygens (including phenoxy) is 1. The van der Waals surface area contributed by atoms with Crippen LogP contribution in [0.15, 0.2) is 36.5 Å². The van der Waals surface area contributed by atoms with Crippen molar-refractivity contribution in [2.75, 3.05) is 18.9 Å². The Kier molecular flexibility index (Phi) is 4.60. The standard InChI is InChI=1S/C14H18N4O2/c1-18-12(7-9-17-18)6-8-16-14(19)10-20-13-4-2-11(15)3-5-13/h2-5,7,9H,6,8,10,15H2,1H3,(H,16,19). The number of carbonyl (C=O) groups excluding carboxylic acids is 1. The number of rotatable bonds is 6. The summed E-state index contributed by atoms with van der Waals surface area (Å²) in [6, 6.07) is 8.86. The highest BCUT2D eigenvalue weighted by Gasteiger charge is 2.03. The molecule has 1 aromatic carbocycles. The highest BCUT2D eigenvalue weighted by Crippen LogP contribution is 2.12. The number of hydrogen-bond donors (Lipinski definition) is 2. The minimum absolute atomic E-state index is 0.00466. The van der Waals surface area contributed by atoms with Gasteiger partial charge in [-0.25, -0.2) is 0 Å². The van der Waals surface area contributed by atoms with Gasteiger partial charge in [0.15, 0.2) is 6.61 Å². The highest BCUT2D eigenvalue weighted by atomic mass is 16.5. The van der Waals surface area contributed by atoms with Crippen molar-refractivity contribution >= 4 is 11.6 Å². The van der Waals surface area contributed by atoms with Crippen LogP contribution in [-0.4, -0.2) is 28.8 Å². The van der Waals surface area contributed by atoms with Crippen molar-refractivity contribution in [2.24, 2.45) is 7.05 Å². The van der Waals surface area contributed by atoms with Crippen LogP contribution in [-0.2, 0) is 18.3 Å². The minimum atomic E-state index is -0.149. The average molecular weight is 274 g/mol. The molecule has 3 N–H and O–H groups in total. The lowest BCUT2D eigenvalue weighted by molar-refractivity contribution is -0.123. The van der Waals surface area contributed by atoms with E-state index >= 15 is 0 Å². The smallest absolute Gasteiger partial charge is 0.257 e. The van der Waals surface area contributed by atoms with Gasteiger partial charge in [-0.3, -0.25) is 9.48 Å². The van der Waals surface area contributed by atoms with Crippen LogP contribution >= 0.6 is 0 Å². The largest absolute Gasteiger partial charge is 0.484 e. The van der Waals surface area contributed by atoms with Crippen molar-refractivity contribution in [1.82, 2.24) is 15.1 Å². The van der Waals surface area contributed by atoms with E-state index in [4.69, 9.17) is 10.5 Å². The molecule has 0 aliphatic rings. The molecule has 2 aromatic rings. The molecule has 0 unspecified atom stereocenters. The lowest BCUT2D eigenvalue weighted by Crippen LogP contribution is -2.30. The number of nitrogens with two attached hydrogens (primary N) is 1. The molecule has 6 heteroatoms. The number of nitrogens with one attached hydrogen (secondary N) is 1. The van der Waals surface area contributed by atoms with Crippen LogP contribution in [0, 0.1) is 0 Å². The van der Waals surface area contributed by atoms with E-state index in [1.165, 1.54) is 0 Å². The van der Waals surface area contributed by atoms with Gasteiger partial charge in [0.05, 0.1) is 0 Å². The normalized spacial score (nSPS) is 10.2. The Bertz CT molecular complexity index is 563. The zero-order valence-electron chi connectivity index (χ0n) is 11.4. The van der Waals surface area contributed by atoms with Crippen molar-refractivity contribution in [3.8, 4) is 5.75 Å². The van der Waals surface area contributed by atoms with Gasteiger partial charge < -0.3 is 15.8 Å². The van der Waals surface area contributed by atoms with Crippen LogP contribution in [0.4, 0.5) is 5.69 Å². The fraction of sp³-hybridized carbons (Fsp3) is 0.286. The molecule has 0 spiro atoms. The van der Waals surface area contributed by atoms with Gasteiger partial charge in [0, 0.05) is 37.6 Å². The van der Waals surface area contributed by atoms with Gasteiger partial charge in [-0.15, -0.1) is 0 Å². The van der Waals surface area contributed by atoms with Gasteiger partial charge in [0.25, 0.3) is 5.91 Å². The predicted octanol–water partition coefficient (Wildman–Crippen LogP) is 0.740. The van der Waals surface area contributed by atoms with Gasteiger partial charge in [0.2, 0.25) is 0 Å². The number of amides is 1. The summed E-state index contributed by atoms with van der Waals surface area (Å²) in [5, 5.41) is 6.87. The number of benzene rings is 1. The third-order valence-electron chi connectivity index (χ3n) is 2.88. The molecular weight excluding hydrogens is 256 g/mol. The third kappa shape index (κ3) is 4.01. The SMILES string of the molecule is Cn1nccc1CCNC(=O)COc1ccc(N)cc1. The van der Waals surface area contributed by atoms with Crippen molar-refractivity contribution in [3.05, 3.63) is 42.2 Å². The Morgan fingerprint density at radius 1 is 1.35 bits per heavy atom. The predicted molar refractivity (Wildman–Crippen MR) is 76.3 cm³/mol. The van der Waals surface area contributed by atoms with Gasteiger partial charge in [0.1, 0.15) is 5.75 Å². The molecule has 0 fully saturated rings. The van der Waals surface area contributed by atoms with Crippen LogP contribution in [0.2, 0.25) is 0 Å². The first kappa shape index (κ1) is 13.9. The number of carbonyl (C=O) groups is 1. The second kappa shape index (κ2) is 6.60.